The molecule has 0 saturated heterocycles. The first kappa shape index (κ1) is 13.0. The Morgan fingerprint density at radius 2 is 1.89 bits per heavy atom. The number of ether oxygens (including phenoxy) is 1. The monoisotopic (exact) mass is 259 g/mol. The molecule has 0 heterocycles. The molecule has 2 fully saturated rings. The highest BCUT2D eigenvalue weighted by molar-refractivity contribution is 5.30. The Balaban J connectivity index is 1.61. The van der Waals surface area contributed by atoms with Crippen LogP contribution in [-0.4, -0.2) is 6.10 Å². The van der Waals surface area contributed by atoms with E-state index in [0.717, 1.165) is 11.7 Å². The van der Waals surface area contributed by atoms with E-state index < -0.39 is 0 Å². The van der Waals surface area contributed by atoms with E-state index in [4.69, 9.17) is 10.5 Å². The molecule has 0 spiro atoms. The molecule has 3 rings (SSSR count). The minimum atomic E-state index is 0.200. The molecule has 1 aromatic carbocycles. The molecule has 0 aromatic heterocycles. The number of hydrogen-bond donors (Lipinski definition) is 1. The van der Waals surface area contributed by atoms with Crippen LogP contribution in [0, 0.1) is 11.8 Å². The molecule has 104 valence electrons. The van der Waals surface area contributed by atoms with Gasteiger partial charge >= 0.3 is 0 Å². The van der Waals surface area contributed by atoms with E-state index in [2.05, 4.69) is 31.2 Å². The van der Waals surface area contributed by atoms with Gasteiger partial charge in [0, 0.05) is 6.04 Å². The Labute approximate surface area is 116 Å². The Kier molecular flexibility index (Phi) is 3.79. The predicted octanol–water partition coefficient (Wildman–Crippen LogP) is 4.05. The fourth-order valence-corrected chi connectivity index (χ4v) is 3.23. The standard InChI is InChI=1S/C17H25NO/c1-2-12-3-4-14(11-12)17(18)13-5-7-15(8-6-13)19-16-9-10-16/h5-8,12,14,16-17H,2-4,9-11,18H2,1H3. The molecule has 19 heavy (non-hydrogen) atoms. The van der Waals surface area contributed by atoms with E-state index in [0.29, 0.717) is 12.0 Å². The van der Waals surface area contributed by atoms with Crippen molar-refractivity contribution in [2.24, 2.45) is 17.6 Å². The molecular formula is C17H25NO. The molecule has 0 aliphatic heterocycles. The van der Waals surface area contributed by atoms with Crippen molar-refractivity contribution in [3.8, 4) is 5.75 Å². The quantitative estimate of drug-likeness (QED) is 0.865. The highest BCUT2D eigenvalue weighted by Gasteiger charge is 2.29. The lowest BCUT2D eigenvalue weighted by molar-refractivity contribution is 0.303. The molecular weight excluding hydrogens is 234 g/mol. The highest BCUT2D eigenvalue weighted by Crippen LogP contribution is 2.39. The summed E-state index contributed by atoms with van der Waals surface area (Å²) in [6, 6.07) is 8.68. The maximum Gasteiger partial charge on any atom is 0.119 e. The van der Waals surface area contributed by atoms with Gasteiger partial charge in [-0.3, -0.25) is 0 Å². The SMILES string of the molecule is CCC1CCC(C(N)c2ccc(OC3CC3)cc2)C1. The summed E-state index contributed by atoms with van der Waals surface area (Å²) < 4.78 is 5.78. The van der Waals surface area contributed by atoms with Crippen LogP contribution in [0.5, 0.6) is 5.75 Å². The third-order valence-electron chi connectivity index (χ3n) is 4.76. The number of benzene rings is 1. The summed E-state index contributed by atoms with van der Waals surface area (Å²) in [7, 11) is 0. The van der Waals surface area contributed by atoms with E-state index >= 15 is 0 Å². The van der Waals surface area contributed by atoms with Gasteiger partial charge in [0.1, 0.15) is 5.75 Å². The third kappa shape index (κ3) is 3.11. The normalized spacial score (nSPS) is 28.3. The summed E-state index contributed by atoms with van der Waals surface area (Å²) in [5, 5.41) is 0. The lowest BCUT2D eigenvalue weighted by atomic mass is 9.91. The minimum Gasteiger partial charge on any atom is -0.490 e. The topological polar surface area (TPSA) is 35.2 Å². The first-order valence-electron chi connectivity index (χ1n) is 7.78. The summed E-state index contributed by atoms with van der Waals surface area (Å²) in [6.07, 6.45) is 8.15. The summed E-state index contributed by atoms with van der Waals surface area (Å²) in [5.41, 5.74) is 7.71. The maximum atomic E-state index is 6.44. The zero-order valence-corrected chi connectivity index (χ0v) is 11.8. The van der Waals surface area contributed by atoms with Crippen LogP contribution in [0.15, 0.2) is 24.3 Å². The first-order valence-corrected chi connectivity index (χ1v) is 7.78. The van der Waals surface area contributed by atoms with Crippen molar-refractivity contribution < 1.29 is 4.74 Å². The number of rotatable bonds is 5. The van der Waals surface area contributed by atoms with E-state index in [1.54, 1.807) is 0 Å². The van der Waals surface area contributed by atoms with Gasteiger partial charge in [0.25, 0.3) is 0 Å². The molecule has 3 atom stereocenters. The molecule has 0 amide bonds. The van der Waals surface area contributed by atoms with Gasteiger partial charge in [-0.05, 0) is 55.2 Å². The van der Waals surface area contributed by atoms with Crippen LogP contribution in [0.25, 0.3) is 0 Å². The van der Waals surface area contributed by atoms with Gasteiger partial charge in [0.05, 0.1) is 6.10 Å². The molecule has 1 aromatic rings. The van der Waals surface area contributed by atoms with Gasteiger partial charge < -0.3 is 10.5 Å². The Hall–Kier alpha value is -1.02. The van der Waals surface area contributed by atoms with Gasteiger partial charge in [0.15, 0.2) is 0 Å². The van der Waals surface area contributed by atoms with Crippen LogP contribution in [0.1, 0.15) is 57.1 Å². The average molecular weight is 259 g/mol. The molecule has 2 aliphatic carbocycles. The van der Waals surface area contributed by atoms with Gasteiger partial charge in [-0.2, -0.15) is 0 Å². The van der Waals surface area contributed by atoms with Crippen LogP contribution in [0.2, 0.25) is 0 Å². The summed E-state index contributed by atoms with van der Waals surface area (Å²) >= 11 is 0. The van der Waals surface area contributed by atoms with E-state index in [9.17, 15) is 0 Å². The van der Waals surface area contributed by atoms with Crippen molar-refractivity contribution in [3.05, 3.63) is 29.8 Å². The number of hydrogen-bond acceptors (Lipinski definition) is 2. The van der Waals surface area contributed by atoms with E-state index in [1.807, 2.05) is 0 Å². The summed E-state index contributed by atoms with van der Waals surface area (Å²) in [5.74, 6) is 2.56. The van der Waals surface area contributed by atoms with Crippen molar-refractivity contribution in [1.29, 1.82) is 0 Å². The van der Waals surface area contributed by atoms with Crippen LogP contribution < -0.4 is 10.5 Å². The van der Waals surface area contributed by atoms with Crippen molar-refractivity contribution in [3.63, 3.8) is 0 Å². The third-order valence-corrected chi connectivity index (χ3v) is 4.76. The van der Waals surface area contributed by atoms with E-state index in [-0.39, 0.29) is 6.04 Å². The van der Waals surface area contributed by atoms with Gasteiger partial charge in [-0.15, -0.1) is 0 Å². The molecule has 2 N–H and O–H groups in total. The Bertz CT molecular complexity index is 410. The first-order chi connectivity index (χ1) is 9.26. The Morgan fingerprint density at radius 1 is 1.16 bits per heavy atom. The molecule has 2 saturated carbocycles. The highest BCUT2D eigenvalue weighted by atomic mass is 16.5. The van der Waals surface area contributed by atoms with Gasteiger partial charge in [-0.1, -0.05) is 31.9 Å². The van der Waals surface area contributed by atoms with Crippen molar-refractivity contribution in [2.75, 3.05) is 0 Å². The lowest BCUT2D eigenvalue weighted by Crippen LogP contribution is -2.19. The molecule has 3 unspecified atom stereocenters. The van der Waals surface area contributed by atoms with Crippen LogP contribution in [0.4, 0.5) is 0 Å². The van der Waals surface area contributed by atoms with Crippen molar-refractivity contribution in [1.82, 2.24) is 0 Å². The van der Waals surface area contributed by atoms with Crippen LogP contribution in [0.3, 0.4) is 0 Å². The molecule has 2 nitrogen and oxygen atoms in total. The van der Waals surface area contributed by atoms with Gasteiger partial charge in [-0.25, -0.2) is 0 Å². The van der Waals surface area contributed by atoms with E-state index in [1.165, 1.54) is 44.1 Å². The minimum absolute atomic E-state index is 0.200. The summed E-state index contributed by atoms with van der Waals surface area (Å²) in [6.45, 7) is 2.29. The molecule has 0 radical (unpaired) electrons. The zero-order valence-electron chi connectivity index (χ0n) is 11.8. The average Bonchev–Trinajstić information content (AvgIpc) is 3.12. The second-order valence-electron chi connectivity index (χ2n) is 6.26. The van der Waals surface area contributed by atoms with Crippen molar-refractivity contribution >= 4 is 0 Å². The predicted molar refractivity (Wildman–Crippen MR) is 78.1 cm³/mol. The van der Waals surface area contributed by atoms with Crippen LogP contribution >= 0.6 is 0 Å². The lowest BCUT2D eigenvalue weighted by Gasteiger charge is -2.20. The molecule has 0 bridgehead atoms. The largest absolute Gasteiger partial charge is 0.490 e. The number of nitrogens with two attached hydrogens (primary N) is 1. The van der Waals surface area contributed by atoms with Crippen LogP contribution in [-0.2, 0) is 0 Å². The fraction of sp³-hybridized carbons (Fsp3) is 0.647. The fourth-order valence-electron chi connectivity index (χ4n) is 3.23. The van der Waals surface area contributed by atoms with Gasteiger partial charge in [0.2, 0.25) is 0 Å². The summed E-state index contributed by atoms with van der Waals surface area (Å²) in [4.78, 5) is 0. The smallest absolute Gasteiger partial charge is 0.119 e. The molecule has 2 heteroatoms. The maximum absolute atomic E-state index is 6.44. The second-order valence-corrected chi connectivity index (χ2v) is 6.26. The van der Waals surface area contributed by atoms with Crippen molar-refractivity contribution in [2.45, 2.75) is 57.6 Å². The Morgan fingerprint density at radius 3 is 2.47 bits per heavy atom. The second kappa shape index (κ2) is 5.54. The molecule has 2 aliphatic rings. The zero-order chi connectivity index (χ0) is 13.2.